The van der Waals surface area contributed by atoms with Gasteiger partial charge in [-0.05, 0) is 24.1 Å². The van der Waals surface area contributed by atoms with Crippen molar-refractivity contribution < 1.29 is 9.84 Å². The third kappa shape index (κ3) is 3.61. The van der Waals surface area contributed by atoms with Crippen LogP contribution < -0.4 is 10.1 Å². The van der Waals surface area contributed by atoms with Gasteiger partial charge in [0.2, 0.25) is 0 Å². The van der Waals surface area contributed by atoms with Crippen LogP contribution in [0.4, 0.5) is 5.69 Å². The molecule has 0 saturated carbocycles. The molecule has 0 saturated heterocycles. The molecule has 4 heteroatoms. The highest BCUT2D eigenvalue weighted by Gasteiger charge is 2.05. The van der Waals surface area contributed by atoms with Crippen LogP contribution in [0.25, 0.3) is 0 Å². The van der Waals surface area contributed by atoms with Crippen LogP contribution >= 0.6 is 11.6 Å². The maximum atomic E-state index is 8.90. The number of aliphatic hydroxyl groups is 1. The SMILES string of the molecule is COc1ccc(Cl)cc1NCC(C)CO. The van der Waals surface area contributed by atoms with Crippen molar-refractivity contribution in [2.24, 2.45) is 5.92 Å². The van der Waals surface area contributed by atoms with Crippen LogP contribution in [0.3, 0.4) is 0 Å². The quantitative estimate of drug-likeness (QED) is 0.815. The number of hydrogen-bond acceptors (Lipinski definition) is 3. The van der Waals surface area contributed by atoms with Crippen LogP contribution in [-0.2, 0) is 0 Å². The summed E-state index contributed by atoms with van der Waals surface area (Å²) in [6, 6.07) is 5.40. The van der Waals surface area contributed by atoms with Gasteiger partial charge in [0.1, 0.15) is 5.75 Å². The van der Waals surface area contributed by atoms with Gasteiger partial charge in [0, 0.05) is 18.2 Å². The van der Waals surface area contributed by atoms with E-state index in [2.05, 4.69) is 5.32 Å². The molecule has 0 radical (unpaired) electrons. The lowest BCUT2D eigenvalue weighted by molar-refractivity contribution is 0.244. The van der Waals surface area contributed by atoms with Crippen LogP contribution in [0.5, 0.6) is 5.75 Å². The normalized spacial score (nSPS) is 12.3. The summed E-state index contributed by atoms with van der Waals surface area (Å²) in [5.74, 6) is 0.957. The number of anilines is 1. The molecule has 1 atom stereocenters. The maximum Gasteiger partial charge on any atom is 0.142 e. The van der Waals surface area contributed by atoms with Gasteiger partial charge < -0.3 is 15.2 Å². The number of nitrogens with one attached hydrogen (secondary N) is 1. The summed E-state index contributed by atoms with van der Waals surface area (Å²) in [5, 5.41) is 12.7. The van der Waals surface area contributed by atoms with E-state index in [1.165, 1.54) is 0 Å². The number of aliphatic hydroxyl groups excluding tert-OH is 1. The van der Waals surface area contributed by atoms with Crippen LogP contribution in [0.15, 0.2) is 18.2 Å². The van der Waals surface area contributed by atoms with Crippen LogP contribution in [0.2, 0.25) is 5.02 Å². The number of hydrogen-bond donors (Lipinski definition) is 2. The van der Waals surface area contributed by atoms with E-state index in [4.69, 9.17) is 21.4 Å². The van der Waals surface area contributed by atoms with Gasteiger partial charge in [-0.1, -0.05) is 18.5 Å². The van der Waals surface area contributed by atoms with E-state index < -0.39 is 0 Å². The summed E-state index contributed by atoms with van der Waals surface area (Å²) in [4.78, 5) is 0. The Morgan fingerprint density at radius 3 is 2.87 bits per heavy atom. The summed E-state index contributed by atoms with van der Waals surface area (Å²) < 4.78 is 5.18. The number of benzene rings is 1. The largest absolute Gasteiger partial charge is 0.495 e. The van der Waals surface area contributed by atoms with Gasteiger partial charge in [-0.25, -0.2) is 0 Å². The Balaban J connectivity index is 2.69. The van der Waals surface area contributed by atoms with Gasteiger partial charge in [-0.3, -0.25) is 0 Å². The fraction of sp³-hybridized carbons (Fsp3) is 0.455. The van der Waals surface area contributed by atoms with Crippen molar-refractivity contribution in [3.63, 3.8) is 0 Å². The van der Waals surface area contributed by atoms with Gasteiger partial charge in [0.15, 0.2) is 0 Å². The van der Waals surface area contributed by atoms with Gasteiger partial charge >= 0.3 is 0 Å². The molecule has 1 aromatic rings. The van der Waals surface area contributed by atoms with E-state index in [0.717, 1.165) is 11.4 Å². The Kier molecular flexibility index (Phi) is 4.72. The molecule has 0 bridgehead atoms. The first-order valence-electron chi connectivity index (χ1n) is 4.85. The molecular formula is C11H16ClNO2. The van der Waals surface area contributed by atoms with Crippen LogP contribution in [0.1, 0.15) is 6.92 Å². The first kappa shape index (κ1) is 12.1. The van der Waals surface area contributed by atoms with Crippen molar-refractivity contribution in [1.82, 2.24) is 0 Å². The molecule has 0 aliphatic carbocycles. The Hall–Kier alpha value is -0.930. The monoisotopic (exact) mass is 229 g/mol. The zero-order valence-electron chi connectivity index (χ0n) is 8.96. The van der Waals surface area contributed by atoms with E-state index in [1.807, 2.05) is 19.1 Å². The molecule has 15 heavy (non-hydrogen) atoms. The molecule has 3 nitrogen and oxygen atoms in total. The highest BCUT2D eigenvalue weighted by Crippen LogP contribution is 2.27. The van der Waals surface area contributed by atoms with E-state index in [9.17, 15) is 0 Å². The van der Waals surface area contributed by atoms with Crippen molar-refractivity contribution in [3.05, 3.63) is 23.2 Å². The minimum Gasteiger partial charge on any atom is -0.495 e. The number of methoxy groups -OCH3 is 1. The lowest BCUT2D eigenvalue weighted by Crippen LogP contribution is -2.14. The Morgan fingerprint density at radius 2 is 2.27 bits per heavy atom. The molecule has 0 spiro atoms. The zero-order chi connectivity index (χ0) is 11.3. The molecule has 0 heterocycles. The van der Waals surface area contributed by atoms with Gasteiger partial charge in [0.25, 0.3) is 0 Å². The lowest BCUT2D eigenvalue weighted by Gasteiger charge is -2.14. The molecule has 1 aromatic carbocycles. The van der Waals surface area contributed by atoms with E-state index >= 15 is 0 Å². The predicted molar refractivity (Wildman–Crippen MR) is 62.7 cm³/mol. The first-order valence-corrected chi connectivity index (χ1v) is 5.23. The van der Waals surface area contributed by atoms with Gasteiger partial charge in [-0.2, -0.15) is 0 Å². The van der Waals surface area contributed by atoms with Crippen molar-refractivity contribution in [3.8, 4) is 5.75 Å². The van der Waals surface area contributed by atoms with Crippen molar-refractivity contribution in [1.29, 1.82) is 0 Å². The molecule has 2 N–H and O–H groups in total. The topological polar surface area (TPSA) is 41.5 Å². The first-order chi connectivity index (χ1) is 7.17. The van der Waals surface area contributed by atoms with E-state index in [-0.39, 0.29) is 12.5 Å². The lowest BCUT2D eigenvalue weighted by atomic mass is 10.2. The molecule has 84 valence electrons. The standard InChI is InChI=1S/C11H16ClNO2/c1-8(7-14)6-13-10-5-9(12)3-4-11(10)15-2/h3-5,8,13-14H,6-7H2,1-2H3. The Morgan fingerprint density at radius 1 is 1.53 bits per heavy atom. The fourth-order valence-electron chi connectivity index (χ4n) is 1.17. The summed E-state index contributed by atoms with van der Waals surface area (Å²) in [5.41, 5.74) is 0.852. The minimum atomic E-state index is 0.163. The molecule has 0 aliphatic rings. The van der Waals surface area contributed by atoms with Gasteiger partial charge in [-0.15, -0.1) is 0 Å². The fourth-order valence-corrected chi connectivity index (χ4v) is 1.34. The van der Waals surface area contributed by atoms with E-state index in [1.54, 1.807) is 13.2 Å². The van der Waals surface area contributed by atoms with E-state index in [0.29, 0.717) is 11.6 Å². The number of ether oxygens (including phenoxy) is 1. The average molecular weight is 230 g/mol. The third-order valence-electron chi connectivity index (χ3n) is 2.11. The second-order valence-electron chi connectivity index (χ2n) is 3.51. The Labute approximate surface area is 95.0 Å². The molecule has 0 fully saturated rings. The molecule has 0 amide bonds. The number of rotatable bonds is 5. The van der Waals surface area contributed by atoms with Crippen molar-refractivity contribution in [2.75, 3.05) is 25.6 Å². The predicted octanol–water partition coefficient (Wildman–Crippen LogP) is 2.39. The van der Waals surface area contributed by atoms with Crippen LogP contribution in [-0.4, -0.2) is 25.4 Å². The van der Waals surface area contributed by atoms with Crippen molar-refractivity contribution in [2.45, 2.75) is 6.92 Å². The summed E-state index contributed by atoms with van der Waals surface area (Å²) in [7, 11) is 1.61. The molecule has 0 aromatic heterocycles. The smallest absolute Gasteiger partial charge is 0.142 e. The molecule has 0 aliphatic heterocycles. The van der Waals surface area contributed by atoms with Gasteiger partial charge in [0.05, 0.1) is 12.8 Å². The second-order valence-corrected chi connectivity index (χ2v) is 3.95. The molecule has 1 unspecified atom stereocenters. The summed E-state index contributed by atoms with van der Waals surface area (Å²) >= 11 is 5.88. The Bertz CT molecular complexity index is 317. The highest BCUT2D eigenvalue weighted by atomic mass is 35.5. The summed E-state index contributed by atoms with van der Waals surface area (Å²) in [6.07, 6.45) is 0. The zero-order valence-corrected chi connectivity index (χ0v) is 9.71. The third-order valence-corrected chi connectivity index (χ3v) is 2.35. The average Bonchev–Trinajstić information content (AvgIpc) is 2.26. The number of halogens is 1. The van der Waals surface area contributed by atoms with Crippen LogP contribution in [0, 0.1) is 5.92 Å². The second kappa shape index (κ2) is 5.83. The maximum absolute atomic E-state index is 8.90. The highest BCUT2D eigenvalue weighted by molar-refractivity contribution is 6.30. The van der Waals surface area contributed by atoms with Crippen molar-refractivity contribution >= 4 is 17.3 Å². The summed E-state index contributed by atoms with van der Waals surface area (Å²) in [6.45, 7) is 2.81. The molecular weight excluding hydrogens is 214 g/mol. The molecule has 1 rings (SSSR count). The minimum absolute atomic E-state index is 0.163.